The van der Waals surface area contributed by atoms with E-state index in [-0.39, 0.29) is 30.3 Å². The Morgan fingerprint density at radius 3 is 2.64 bits per heavy atom. The van der Waals surface area contributed by atoms with Crippen LogP contribution in [-0.4, -0.2) is 24.2 Å². The average Bonchev–Trinajstić information content (AvgIpc) is 3.07. The van der Waals surface area contributed by atoms with E-state index < -0.39 is 0 Å². The average molecular weight is 342 g/mol. The zero-order chi connectivity index (χ0) is 18.3. The summed E-state index contributed by atoms with van der Waals surface area (Å²) in [7, 11) is 0. The van der Waals surface area contributed by atoms with Crippen molar-refractivity contribution in [3.63, 3.8) is 0 Å². The molecule has 0 spiro atoms. The Labute approximate surface area is 147 Å². The number of amides is 1. The number of carbonyl (C=O) groups excluding carboxylic acids is 1. The van der Waals surface area contributed by atoms with Crippen LogP contribution in [0.4, 0.5) is 0 Å². The van der Waals surface area contributed by atoms with E-state index in [1.165, 1.54) is 0 Å². The molecule has 0 unspecified atom stereocenters. The molecule has 1 amide bonds. The van der Waals surface area contributed by atoms with Gasteiger partial charge in [-0.2, -0.15) is 5.26 Å². The van der Waals surface area contributed by atoms with Gasteiger partial charge in [-0.25, -0.2) is 0 Å². The molecular weight excluding hydrogens is 320 g/mol. The molecule has 0 saturated carbocycles. The summed E-state index contributed by atoms with van der Waals surface area (Å²) in [6.07, 6.45) is 0.606. The number of nitriles is 1. The van der Waals surface area contributed by atoms with E-state index >= 15 is 0 Å². The molecule has 0 aliphatic carbocycles. The van der Waals surface area contributed by atoms with E-state index in [2.05, 4.69) is 5.32 Å². The Kier molecular flexibility index (Phi) is 6.20. The number of carbonyl (C=O) groups is 1. The van der Waals surface area contributed by atoms with Crippen LogP contribution < -0.4 is 10.1 Å². The summed E-state index contributed by atoms with van der Waals surface area (Å²) in [5.41, 5.74) is 0.381. The molecule has 0 atom stereocenters. The second kappa shape index (κ2) is 8.36. The first kappa shape index (κ1) is 18.6. The predicted molar refractivity (Wildman–Crippen MR) is 92.0 cm³/mol. The Hall–Kier alpha value is -2.78. The van der Waals surface area contributed by atoms with Crippen LogP contribution in [0.25, 0.3) is 0 Å². The highest BCUT2D eigenvalue weighted by molar-refractivity contribution is 5.91. The van der Waals surface area contributed by atoms with Gasteiger partial charge in [0.2, 0.25) is 0 Å². The molecule has 2 N–H and O–H groups in total. The standard InChI is InChI=1S/C19H22N2O4/c1-19(2,9-10-22)13-21-18(23)17-8-7-16(25-17)12-24-15-5-3-14(11-20)4-6-15/h3-8,22H,9-10,12-13H2,1-2H3,(H,21,23). The third kappa shape index (κ3) is 5.66. The van der Waals surface area contributed by atoms with Crippen molar-refractivity contribution in [3.8, 4) is 11.8 Å². The summed E-state index contributed by atoms with van der Waals surface area (Å²) in [6.45, 7) is 4.67. The van der Waals surface area contributed by atoms with Crippen LogP contribution in [0, 0.1) is 16.7 Å². The number of hydrogen-bond acceptors (Lipinski definition) is 5. The maximum atomic E-state index is 12.1. The Balaban J connectivity index is 1.86. The number of hydrogen-bond donors (Lipinski definition) is 2. The first-order valence-corrected chi connectivity index (χ1v) is 8.04. The number of aliphatic hydroxyl groups is 1. The molecule has 25 heavy (non-hydrogen) atoms. The summed E-state index contributed by atoms with van der Waals surface area (Å²) in [6, 6.07) is 12.1. The molecular formula is C19H22N2O4. The van der Waals surface area contributed by atoms with Gasteiger partial charge in [-0.3, -0.25) is 4.79 Å². The minimum absolute atomic E-state index is 0.0838. The number of benzene rings is 1. The van der Waals surface area contributed by atoms with E-state index in [0.717, 1.165) is 0 Å². The molecule has 6 heteroatoms. The van der Waals surface area contributed by atoms with Crippen molar-refractivity contribution in [1.29, 1.82) is 5.26 Å². The molecule has 0 saturated heterocycles. The van der Waals surface area contributed by atoms with Crippen LogP contribution in [0.1, 0.15) is 42.1 Å². The molecule has 0 fully saturated rings. The molecule has 2 aromatic rings. The Morgan fingerprint density at radius 1 is 1.28 bits per heavy atom. The Bertz CT molecular complexity index is 742. The molecule has 6 nitrogen and oxygen atoms in total. The fourth-order valence-electron chi connectivity index (χ4n) is 2.16. The molecule has 0 aliphatic rings. The molecule has 0 bridgehead atoms. The number of aliphatic hydroxyl groups excluding tert-OH is 1. The van der Waals surface area contributed by atoms with Crippen LogP contribution in [0.15, 0.2) is 40.8 Å². The van der Waals surface area contributed by atoms with Gasteiger partial charge in [0, 0.05) is 13.2 Å². The zero-order valence-corrected chi connectivity index (χ0v) is 14.4. The van der Waals surface area contributed by atoms with Crippen molar-refractivity contribution < 1.29 is 19.1 Å². The highest BCUT2D eigenvalue weighted by Gasteiger charge is 2.20. The zero-order valence-electron chi connectivity index (χ0n) is 14.4. The van der Waals surface area contributed by atoms with Crippen molar-refractivity contribution in [2.24, 2.45) is 5.41 Å². The van der Waals surface area contributed by atoms with E-state index in [1.807, 2.05) is 19.9 Å². The van der Waals surface area contributed by atoms with E-state index in [1.54, 1.807) is 36.4 Å². The lowest BCUT2D eigenvalue weighted by atomic mass is 9.90. The van der Waals surface area contributed by atoms with E-state index in [4.69, 9.17) is 19.5 Å². The SMILES string of the molecule is CC(C)(CCO)CNC(=O)c1ccc(COc2ccc(C#N)cc2)o1. The van der Waals surface area contributed by atoms with Gasteiger partial charge in [0.25, 0.3) is 5.91 Å². The lowest BCUT2D eigenvalue weighted by Gasteiger charge is -2.23. The van der Waals surface area contributed by atoms with Gasteiger partial charge >= 0.3 is 0 Å². The fraction of sp³-hybridized carbons (Fsp3) is 0.368. The summed E-state index contributed by atoms with van der Waals surface area (Å²) in [5.74, 6) is 1.07. The monoisotopic (exact) mass is 342 g/mol. The molecule has 132 valence electrons. The molecule has 2 rings (SSSR count). The first-order chi connectivity index (χ1) is 11.9. The number of nitrogens with zero attached hydrogens (tertiary/aromatic N) is 1. The van der Waals surface area contributed by atoms with Crippen LogP contribution in [0.3, 0.4) is 0 Å². The normalized spacial score (nSPS) is 11.0. The summed E-state index contributed by atoms with van der Waals surface area (Å²) >= 11 is 0. The van der Waals surface area contributed by atoms with Crippen molar-refractivity contribution in [2.45, 2.75) is 26.9 Å². The van der Waals surface area contributed by atoms with Gasteiger partial charge in [0.15, 0.2) is 5.76 Å². The fourth-order valence-corrected chi connectivity index (χ4v) is 2.16. The van der Waals surface area contributed by atoms with Crippen LogP contribution in [-0.2, 0) is 6.61 Å². The second-order valence-electron chi connectivity index (χ2n) is 6.51. The van der Waals surface area contributed by atoms with E-state index in [0.29, 0.717) is 30.0 Å². The third-order valence-electron chi connectivity index (χ3n) is 3.77. The highest BCUT2D eigenvalue weighted by atomic mass is 16.5. The van der Waals surface area contributed by atoms with Gasteiger partial charge in [0.1, 0.15) is 18.1 Å². The number of ether oxygens (including phenoxy) is 1. The molecule has 1 aromatic heterocycles. The lowest BCUT2D eigenvalue weighted by Crippen LogP contribution is -2.34. The minimum Gasteiger partial charge on any atom is -0.486 e. The number of rotatable bonds is 8. The number of nitrogens with one attached hydrogen (secondary N) is 1. The minimum atomic E-state index is -0.296. The van der Waals surface area contributed by atoms with Crippen molar-refractivity contribution >= 4 is 5.91 Å². The van der Waals surface area contributed by atoms with Crippen LogP contribution in [0.2, 0.25) is 0 Å². The maximum absolute atomic E-state index is 12.1. The quantitative estimate of drug-likeness (QED) is 0.769. The van der Waals surface area contributed by atoms with Crippen molar-refractivity contribution in [3.05, 3.63) is 53.5 Å². The maximum Gasteiger partial charge on any atom is 0.287 e. The Morgan fingerprint density at radius 2 is 2.00 bits per heavy atom. The van der Waals surface area contributed by atoms with Gasteiger partial charge < -0.3 is 19.6 Å². The van der Waals surface area contributed by atoms with Crippen LogP contribution in [0.5, 0.6) is 5.75 Å². The van der Waals surface area contributed by atoms with Gasteiger partial charge in [-0.15, -0.1) is 0 Å². The van der Waals surface area contributed by atoms with Crippen LogP contribution >= 0.6 is 0 Å². The summed E-state index contributed by atoms with van der Waals surface area (Å²) < 4.78 is 11.1. The summed E-state index contributed by atoms with van der Waals surface area (Å²) in [5, 5.41) is 20.6. The van der Waals surface area contributed by atoms with Gasteiger partial charge in [-0.1, -0.05) is 13.8 Å². The van der Waals surface area contributed by atoms with Gasteiger partial charge in [-0.05, 0) is 48.2 Å². The van der Waals surface area contributed by atoms with E-state index in [9.17, 15) is 4.79 Å². The molecule has 0 aliphatic heterocycles. The second-order valence-corrected chi connectivity index (χ2v) is 6.51. The third-order valence-corrected chi connectivity index (χ3v) is 3.77. The number of furan rings is 1. The smallest absolute Gasteiger partial charge is 0.287 e. The topological polar surface area (TPSA) is 95.5 Å². The van der Waals surface area contributed by atoms with Gasteiger partial charge in [0.05, 0.1) is 11.6 Å². The highest BCUT2D eigenvalue weighted by Crippen LogP contribution is 2.19. The predicted octanol–water partition coefficient (Wildman–Crippen LogP) is 2.87. The first-order valence-electron chi connectivity index (χ1n) is 8.04. The largest absolute Gasteiger partial charge is 0.486 e. The molecule has 1 aromatic carbocycles. The molecule has 0 radical (unpaired) electrons. The van der Waals surface area contributed by atoms with Crippen molar-refractivity contribution in [1.82, 2.24) is 5.32 Å². The summed E-state index contributed by atoms with van der Waals surface area (Å²) in [4.78, 5) is 12.1. The lowest BCUT2D eigenvalue weighted by molar-refractivity contribution is 0.0896. The molecule has 1 heterocycles. The van der Waals surface area contributed by atoms with Crippen molar-refractivity contribution in [2.75, 3.05) is 13.2 Å².